The molecule has 0 aliphatic rings. The van der Waals surface area contributed by atoms with E-state index >= 15 is 0 Å². The number of benzene rings is 1. The van der Waals surface area contributed by atoms with Gasteiger partial charge in [0, 0.05) is 41.5 Å². The van der Waals surface area contributed by atoms with E-state index in [2.05, 4.69) is 27.1 Å². The Balaban J connectivity index is 1.68. The van der Waals surface area contributed by atoms with Gasteiger partial charge in [0.15, 0.2) is 0 Å². The highest BCUT2D eigenvalue weighted by molar-refractivity contribution is 6.30. The Morgan fingerprint density at radius 1 is 1.25 bits per heavy atom. The van der Waals surface area contributed by atoms with Crippen LogP contribution in [0.3, 0.4) is 0 Å². The molecular formula is C19H20ClN3O. The summed E-state index contributed by atoms with van der Waals surface area (Å²) in [5, 5.41) is 13.7. The van der Waals surface area contributed by atoms with Gasteiger partial charge in [0.05, 0.1) is 12.6 Å². The minimum atomic E-state index is -0.143. The van der Waals surface area contributed by atoms with Crippen LogP contribution in [-0.2, 0) is 6.54 Å². The first-order valence-electron chi connectivity index (χ1n) is 7.85. The average molecular weight is 342 g/mol. The lowest BCUT2D eigenvalue weighted by Gasteiger charge is -2.16. The van der Waals surface area contributed by atoms with Gasteiger partial charge in [-0.05, 0) is 48.4 Å². The fourth-order valence-corrected chi connectivity index (χ4v) is 2.85. The second-order valence-electron chi connectivity index (χ2n) is 5.75. The highest BCUT2D eigenvalue weighted by atomic mass is 35.5. The third-order valence-electron chi connectivity index (χ3n) is 3.92. The van der Waals surface area contributed by atoms with Crippen molar-refractivity contribution >= 4 is 11.6 Å². The van der Waals surface area contributed by atoms with Crippen LogP contribution in [0.5, 0.6) is 0 Å². The lowest BCUT2D eigenvalue weighted by molar-refractivity contribution is 0.243. The van der Waals surface area contributed by atoms with Crippen molar-refractivity contribution in [1.82, 2.24) is 14.9 Å². The molecule has 0 spiro atoms. The zero-order valence-corrected chi connectivity index (χ0v) is 14.2. The quantitative estimate of drug-likeness (QED) is 0.719. The van der Waals surface area contributed by atoms with Crippen LogP contribution in [0, 0.1) is 6.92 Å². The van der Waals surface area contributed by atoms with Crippen molar-refractivity contribution < 1.29 is 5.11 Å². The van der Waals surface area contributed by atoms with Gasteiger partial charge in [-0.25, -0.2) is 0 Å². The van der Waals surface area contributed by atoms with E-state index in [0.29, 0.717) is 11.6 Å². The number of nitrogens with one attached hydrogen (secondary N) is 1. The van der Waals surface area contributed by atoms with Gasteiger partial charge in [-0.3, -0.25) is 4.98 Å². The number of aromatic nitrogens is 2. The van der Waals surface area contributed by atoms with E-state index in [9.17, 15) is 5.11 Å². The number of halogens is 1. The summed E-state index contributed by atoms with van der Waals surface area (Å²) in [7, 11) is 0. The fourth-order valence-electron chi connectivity index (χ4n) is 2.65. The van der Waals surface area contributed by atoms with E-state index in [1.807, 2.05) is 55.7 Å². The van der Waals surface area contributed by atoms with Gasteiger partial charge in [-0.2, -0.15) is 0 Å². The van der Waals surface area contributed by atoms with Gasteiger partial charge in [-0.1, -0.05) is 23.7 Å². The first-order chi connectivity index (χ1) is 11.7. The van der Waals surface area contributed by atoms with Gasteiger partial charge in [0.25, 0.3) is 0 Å². The lowest BCUT2D eigenvalue weighted by Crippen LogP contribution is -2.23. The number of aliphatic hydroxyl groups is 1. The summed E-state index contributed by atoms with van der Waals surface area (Å²) >= 11 is 6.03. The maximum Gasteiger partial charge on any atom is 0.0626 e. The molecule has 4 nitrogen and oxygen atoms in total. The van der Waals surface area contributed by atoms with Crippen molar-refractivity contribution in [2.75, 3.05) is 6.61 Å². The molecule has 2 N–H and O–H groups in total. The maximum atomic E-state index is 9.64. The van der Waals surface area contributed by atoms with E-state index < -0.39 is 0 Å². The highest BCUT2D eigenvalue weighted by Crippen LogP contribution is 2.18. The molecule has 0 bridgehead atoms. The molecule has 2 aromatic heterocycles. The summed E-state index contributed by atoms with van der Waals surface area (Å²) < 4.78 is 2.07. The van der Waals surface area contributed by atoms with Crippen LogP contribution in [-0.4, -0.2) is 21.3 Å². The summed E-state index contributed by atoms with van der Waals surface area (Å²) in [5.41, 5.74) is 4.20. The fraction of sp³-hybridized carbons (Fsp3) is 0.211. The molecule has 0 saturated heterocycles. The Labute approximate surface area is 146 Å². The van der Waals surface area contributed by atoms with Crippen LogP contribution in [0.25, 0.3) is 5.69 Å². The standard InChI is InChI=1S/C19H20ClN3O/c1-14-9-18(5-7-21-14)23-8-6-15(12-23)11-22-19(13-24)16-3-2-4-17(20)10-16/h2-10,12,19,22,24H,11,13H2,1H3. The Kier molecular flexibility index (Phi) is 5.30. The normalized spacial score (nSPS) is 12.3. The molecule has 1 aromatic carbocycles. The Morgan fingerprint density at radius 2 is 2.12 bits per heavy atom. The van der Waals surface area contributed by atoms with Crippen LogP contribution < -0.4 is 5.32 Å². The van der Waals surface area contributed by atoms with E-state index in [1.54, 1.807) is 0 Å². The molecule has 24 heavy (non-hydrogen) atoms. The zero-order valence-electron chi connectivity index (χ0n) is 13.5. The third-order valence-corrected chi connectivity index (χ3v) is 4.15. The van der Waals surface area contributed by atoms with E-state index in [0.717, 1.165) is 22.5 Å². The smallest absolute Gasteiger partial charge is 0.0626 e. The van der Waals surface area contributed by atoms with Crippen LogP contribution in [0.1, 0.15) is 22.9 Å². The SMILES string of the molecule is Cc1cc(-n2ccc(CNC(CO)c3cccc(Cl)c3)c2)ccn1. The predicted molar refractivity (Wildman–Crippen MR) is 96.4 cm³/mol. The summed E-state index contributed by atoms with van der Waals surface area (Å²) in [4.78, 5) is 4.22. The second kappa shape index (κ2) is 7.62. The minimum Gasteiger partial charge on any atom is -0.394 e. The molecule has 3 rings (SSSR count). The number of pyridine rings is 1. The molecule has 1 unspecified atom stereocenters. The van der Waals surface area contributed by atoms with E-state index in [4.69, 9.17) is 11.6 Å². The lowest BCUT2D eigenvalue weighted by atomic mass is 10.1. The molecule has 0 fully saturated rings. The summed E-state index contributed by atoms with van der Waals surface area (Å²) in [5.74, 6) is 0. The molecule has 2 heterocycles. The number of nitrogens with zero attached hydrogens (tertiary/aromatic N) is 2. The van der Waals surface area contributed by atoms with Gasteiger partial charge in [0.2, 0.25) is 0 Å². The Bertz CT molecular complexity index is 816. The van der Waals surface area contributed by atoms with Crippen molar-refractivity contribution in [1.29, 1.82) is 0 Å². The van der Waals surface area contributed by atoms with Gasteiger partial charge < -0.3 is 15.0 Å². The molecule has 0 amide bonds. The second-order valence-corrected chi connectivity index (χ2v) is 6.19. The van der Waals surface area contributed by atoms with Crippen molar-refractivity contribution in [2.24, 2.45) is 0 Å². The molecule has 1 atom stereocenters. The number of aryl methyl sites for hydroxylation is 1. The number of hydrogen-bond donors (Lipinski definition) is 2. The number of rotatable bonds is 6. The van der Waals surface area contributed by atoms with Crippen LogP contribution in [0.4, 0.5) is 0 Å². The van der Waals surface area contributed by atoms with Crippen molar-refractivity contribution in [3.05, 3.63) is 82.9 Å². The summed E-state index contributed by atoms with van der Waals surface area (Å²) in [6.07, 6.45) is 5.91. The van der Waals surface area contributed by atoms with Crippen molar-refractivity contribution in [3.63, 3.8) is 0 Å². The monoisotopic (exact) mass is 341 g/mol. The molecule has 0 aliphatic carbocycles. The van der Waals surface area contributed by atoms with Gasteiger partial charge in [0.1, 0.15) is 0 Å². The molecule has 0 aliphatic heterocycles. The van der Waals surface area contributed by atoms with Crippen LogP contribution in [0.2, 0.25) is 5.02 Å². The van der Waals surface area contributed by atoms with E-state index in [-0.39, 0.29) is 12.6 Å². The third kappa shape index (κ3) is 4.03. The molecular weight excluding hydrogens is 322 g/mol. The highest BCUT2D eigenvalue weighted by Gasteiger charge is 2.10. The summed E-state index contributed by atoms with van der Waals surface area (Å²) in [6, 6.07) is 13.5. The Morgan fingerprint density at radius 3 is 2.88 bits per heavy atom. The summed E-state index contributed by atoms with van der Waals surface area (Å²) in [6.45, 7) is 2.66. The van der Waals surface area contributed by atoms with Crippen molar-refractivity contribution in [3.8, 4) is 5.69 Å². The zero-order chi connectivity index (χ0) is 16.9. The van der Waals surface area contributed by atoms with Gasteiger partial charge >= 0.3 is 0 Å². The molecule has 124 valence electrons. The first-order valence-corrected chi connectivity index (χ1v) is 8.23. The first kappa shape index (κ1) is 16.7. The molecule has 0 radical (unpaired) electrons. The van der Waals surface area contributed by atoms with Crippen LogP contribution in [0.15, 0.2) is 61.1 Å². The number of aliphatic hydroxyl groups excluding tert-OH is 1. The van der Waals surface area contributed by atoms with Gasteiger partial charge in [-0.15, -0.1) is 0 Å². The minimum absolute atomic E-state index is 0.0185. The topological polar surface area (TPSA) is 50.1 Å². The largest absolute Gasteiger partial charge is 0.394 e. The maximum absolute atomic E-state index is 9.64. The number of hydrogen-bond acceptors (Lipinski definition) is 3. The van der Waals surface area contributed by atoms with Crippen molar-refractivity contribution in [2.45, 2.75) is 19.5 Å². The predicted octanol–water partition coefficient (Wildman–Crippen LogP) is 3.66. The molecule has 3 aromatic rings. The van der Waals surface area contributed by atoms with E-state index in [1.165, 1.54) is 0 Å². The van der Waals surface area contributed by atoms with Crippen LogP contribution >= 0.6 is 11.6 Å². The Hall–Kier alpha value is -2.14. The molecule has 0 saturated carbocycles. The molecule has 5 heteroatoms. The average Bonchev–Trinajstić information content (AvgIpc) is 3.05.